The second kappa shape index (κ2) is 9.28. The first-order chi connectivity index (χ1) is 9.69. The second-order valence-electron chi connectivity index (χ2n) is 4.47. The highest BCUT2D eigenvalue weighted by atomic mass is 16.6. The largest absolute Gasteiger partial charge is 0.487 e. The van der Waals surface area contributed by atoms with Crippen molar-refractivity contribution in [2.45, 2.75) is 32.7 Å². The number of aliphatic hydroxyl groups is 1. The minimum Gasteiger partial charge on any atom is -0.487 e. The maximum atomic E-state index is 11.0. The lowest BCUT2D eigenvalue weighted by Gasteiger charge is -2.09. The number of nitrogens with one attached hydrogen (secondary N) is 1. The number of benzene rings is 1. The normalized spacial score (nSPS) is 10.5. The topological polar surface area (TPSA) is 84.6 Å². The van der Waals surface area contributed by atoms with E-state index in [1.54, 1.807) is 12.1 Å². The van der Waals surface area contributed by atoms with Gasteiger partial charge in [-0.2, -0.15) is 0 Å². The first-order valence-corrected chi connectivity index (χ1v) is 6.90. The molecule has 6 nitrogen and oxygen atoms in total. The van der Waals surface area contributed by atoms with Crippen LogP contribution in [0.15, 0.2) is 18.2 Å². The van der Waals surface area contributed by atoms with Crippen LogP contribution in [-0.4, -0.2) is 29.8 Å². The summed E-state index contributed by atoms with van der Waals surface area (Å²) >= 11 is 0. The SMILES string of the molecule is CCNCc1ccc([N+](=O)[O-])c(OCCCCCO)c1. The Morgan fingerprint density at radius 3 is 2.80 bits per heavy atom. The number of nitro groups is 1. The van der Waals surface area contributed by atoms with E-state index in [9.17, 15) is 10.1 Å². The molecule has 20 heavy (non-hydrogen) atoms. The monoisotopic (exact) mass is 282 g/mol. The van der Waals surface area contributed by atoms with Gasteiger partial charge in [0.1, 0.15) is 0 Å². The van der Waals surface area contributed by atoms with Crippen LogP contribution >= 0.6 is 0 Å². The highest BCUT2D eigenvalue weighted by molar-refractivity contribution is 5.48. The van der Waals surface area contributed by atoms with Crippen molar-refractivity contribution in [3.63, 3.8) is 0 Å². The smallest absolute Gasteiger partial charge is 0.310 e. The Morgan fingerprint density at radius 1 is 1.35 bits per heavy atom. The molecule has 0 atom stereocenters. The van der Waals surface area contributed by atoms with Crippen molar-refractivity contribution in [1.82, 2.24) is 5.32 Å². The fourth-order valence-electron chi connectivity index (χ4n) is 1.78. The van der Waals surface area contributed by atoms with Crippen LogP contribution in [0.4, 0.5) is 5.69 Å². The molecule has 112 valence electrons. The van der Waals surface area contributed by atoms with Gasteiger partial charge >= 0.3 is 5.69 Å². The van der Waals surface area contributed by atoms with Crippen LogP contribution in [0.2, 0.25) is 0 Å². The summed E-state index contributed by atoms with van der Waals surface area (Å²) in [6.45, 7) is 4.09. The Balaban J connectivity index is 2.65. The van der Waals surface area contributed by atoms with Crippen molar-refractivity contribution in [3.8, 4) is 5.75 Å². The highest BCUT2D eigenvalue weighted by Gasteiger charge is 2.15. The lowest BCUT2D eigenvalue weighted by Crippen LogP contribution is -2.12. The van der Waals surface area contributed by atoms with Gasteiger partial charge in [-0.15, -0.1) is 0 Å². The number of hydrogen-bond donors (Lipinski definition) is 2. The van der Waals surface area contributed by atoms with Gasteiger partial charge in [0.15, 0.2) is 5.75 Å². The van der Waals surface area contributed by atoms with Crippen LogP contribution in [0.5, 0.6) is 5.75 Å². The number of rotatable bonds is 10. The molecular formula is C14H22N2O4. The van der Waals surface area contributed by atoms with E-state index in [-0.39, 0.29) is 12.3 Å². The number of aliphatic hydroxyl groups excluding tert-OH is 1. The zero-order valence-electron chi connectivity index (χ0n) is 11.8. The van der Waals surface area contributed by atoms with Crippen LogP contribution in [0.3, 0.4) is 0 Å². The van der Waals surface area contributed by atoms with Crippen LogP contribution in [0.1, 0.15) is 31.7 Å². The van der Waals surface area contributed by atoms with Crippen molar-refractivity contribution >= 4 is 5.69 Å². The third-order valence-electron chi connectivity index (χ3n) is 2.86. The molecule has 1 aromatic rings. The molecule has 0 aliphatic rings. The molecule has 0 spiro atoms. The van der Waals surface area contributed by atoms with Crippen molar-refractivity contribution in [3.05, 3.63) is 33.9 Å². The molecule has 1 rings (SSSR count). The second-order valence-corrected chi connectivity index (χ2v) is 4.47. The van der Waals surface area contributed by atoms with Gasteiger partial charge in [0.2, 0.25) is 0 Å². The summed E-state index contributed by atoms with van der Waals surface area (Å²) in [4.78, 5) is 10.5. The van der Waals surface area contributed by atoms with Gasteiger partial charge < -0.3 is 15.2 Å². The minimum atomic E-state index is -0.430. The summed E-state index contributed by atoms with van der Waals surface area (Å²) < 4.78 is 5.51. The Morgan fingerprint density at radius 2 is 2.15 bits per heavy atom. The molecule has 1 aromatic carbocycles. The molecule has 0 saturated heterocycles. The van der Waals surface area contributed by atoms with Crippen molar-refractivity contribution < 1.29 is 14.8 Å². The number of ether oxygens (including phenoxy) is 1. The van der Waals surface area contributed by atoms with E-state index < -0.39 is 4.92 Å². The Labute approximate surface area is 118 Å². The molecule has 0 heterocycles. The first-order valence-electron chi connectivity index (χ1n) is 6.90. The standard InChI is InChI=1S/C14H22N2O4/c1-2-15-11-12-6-7-13(16(18)19)14(10-12)20-9-5-3-4-8-17/h6-7,10,15,17H,2-5,8-9,11H2,1H3. The number of nitrogens with zero attached hydrogens (tertiary/aromatic N) is 1. The molecular weight excluding hydrogens is 260 g/mol. The van der Waals surface area contributed by atoms with E-state index >= 15 is 0 Å². The average Bonchev–Trinajstić information content (AvgIpc) is 2.44. The predicted octanol–water partition coefficient (Wildman–Crippen LogP) is 2.25. The van der Waals surface area contributed by atoms with Gasteiger partial charge in [-0.3, -0.25) is 10.1 Å². The molecule has 0 bridgehead atoms. The molecule has 0 amide bonds. The first kappa shape index (κ1) is 16.4. The van der Waals surface area contributed by atoms with Gasteiger partial charge in [0.05, 0.1) is 11.5 Å². The van der Waals surface area contributed by atoms with Crippen molar-refractivity contribution in [2.24, 2.45) is 0 Å². The van der Waals surface area contributed by atoms with E-state index in [1.807, 2.05) is 6.92 Å². The molecule has 0 unspecified atom stereocenters. The summed E-state index contributed by atoms with van der Waals surface area (Å²) in [5.41, 5.74) is 0.954. The van der Waals surface area contributed by atoms with Gasteiger partial charge in [-0.25, -0.2) is 0 Å². The van der Waals surface area contributed by atoms with E-state index in [2.05, 4.69) is 5.32 Å². The molecule has 0 aromatic heterocycles. The van der Waals surface area contributed by atoms with E-state index in [4.69, 9.17) is 9.84 Å². The lowest BCUT2D eigenvalue weighted by molar-refractivity contribution is -0.385. The maximum Gasteiger partial charge on any atom is 0.310 e. The molecule has 0 aliphatic carbocycles. The van der Waals surface area contributed by atoms with Gasteiger partial charge in [0.25, 0.3) is 0 Å². The van der Waals surface area contributed by atoms with Crippen LogP contribution in [-0.2, 0) is 6.54 Å². The van der Waals surface area contributed by atoms with E-state index in [1.165, 1.54) is 6.07 Å². The van der Waals surface area contributed by atoms with Crippen LogP contribution in [0, 0.1) is 10.1 Å². The summed E-state index contributed by atoms with van der Waals surface area (Å²) in [7, 11) is 0. The zero-order chi connectivity index (χ0) is 14.8. The zero-order valence-corrected chi connectivity index (χ0v) is 11.8. The van der Waals surface area contributed by atoms with Gasteiger partial charge in [-0.1, -0.05) is 13.0 Å². The third-order valence-corrected chi connectivity index (χ3v) is 2.86. The van der Waals surface area contributed by atoms with Crippen LogP contribution in [0.25, 0.3) is 0 Å². The number of nitro benzene ring substituents is 1. The lowest BCUT2D eigenvalue weighted by atomic mass is 10.2. The van der Waals surface area contributed by atoms with Crippen LogP contribution < -0.4 is 10.1 Å². The molecule has 0 aliphatic heterocycles. The molecule has 0 saturated carbocycles. The fraction of sp³-hybridized carbons (Fsp3) is 0.571. The van der Waals surface area contributed by atoms with E-state index in [0.717, 1.165) is 31.4 Å². The molecule has 6 heteroatoms. The van der Waals surface area contributed by atoms with E-state index in [0.29, 0.717) is 18.9 Å². The summed E-state index contributed by atoms with van der Waals surface area (Å²) in [5.74, 6) is 0.314. The Hall–Kier alpha value is -1.66. The minimum absolute atomic E-state index is 0.00703. The third kappa shape index (κ3) is 5.54. The number of unbranched alkanes of at least 4 members (excludes halogenated alkanes) is 2. The summed E-state index contributed by atoms with van der Waals surface area (Å²) in [6.07, 6.45) is 2.35. The highest BCUT2D eigenvalue weighted by Crippen LogP contribution is 2.28. The maximum absolute atomic E-state index is 11.0. The number of hydrogen-bond acceptors (Lipinski definition) is 5. The van der Waals surface area contributed by atoms with Crippen molar-refractivity contribution in [1.29, 1.82) is 0 Å². The molecule has 2 N–H and O–H groups in total. The Bertz CT molecular complexity index is 424. The summed E-state index contributed by atoms with van der Waals surface area (Å²) in [6, 6.07) is 4.93. The Kier molecular flexibility index (Phi) is 7.60. The molecule has 0 radical (unpaired) electrons. The summed E-state index contributed by atoms with van der Waals surface area (Å²) in [5, 5.41) is 22.8. The molecule has 0 fully saturated rings. The fourth-order valence-corrected chi connectivity index (χ4v) is 1.78. The predicted molar refractivity (Wildman–Crippen MR) is 76.9 cm³/mol. The average molecular weight is 282 g/mol. The van der Waals surface area contributed by atoms with Crippen molar-refractivity contribution in [2.75, 3.05) is 19.8 Å². The van der Waals surface area contributed by atoms with Gasteiger partial charge in [0, 0.05) is 19.2 Å². The quantitative estimate of drug-likeness (QED) is 0.390. The van der Waals surface area contributed by atoms with Gasteiger partial charge in [-0.05, 0) is 37.4 Å².